The molecular formula is C23H16F3N3O2. The highest BCUT2D eigenvalue weighted by molar-refractivity contribution is 6.02. The van der Waals surface area contributed by atoms with Gasteiger partial charge in [0, 0.05) is 40.7 Å². The van der Waals surface area contributed by atoms with Gasteiger partial charge in [-0.15, -0.1) is 0 Å². The second-order valence-corrected chi connectivity index (χ2v) is 7.35. The Kier molecular flexibility index (Phi) is 4.43. The highest BCUT2D eigenvalue weighted by Crippen LogP contribution is 2.40. The van der Waals surface area contributed by atoms with E-state index in [9.17, 15) is 13.6 Å². The number of hydrogen-bond acceptors (Lipinski definition) is 4. The third kappa shape index (κ3) is 3.11. The first kappa shape index (κ1) is 19.2. The average Bonchev–Trinajstić information content (AvgIpc) is 3.37. The highest BCUT2D eigenvalue weighted by Gasteiger charge is 2.30. The molecule has 31 heavy (non-hydrogen) atoms. The number of nitrogen functional groups attached to an aromatic ring is 1. The maximum Gasteiger partial charge on any atom is 0.231 e. The summed E-state index contributed by atoms with van der Waals surface area (Å²) in [6, 6.07) is 7.82. The van der Waals surface area contributed by atoms with E-state index in [2.05, 4.69) is 4.98 Å². The van der Waals surface area contributed by atoms with E-state index in [1.165, 1.54) is 17.4 Å². The van der Waals surface area contributed by atoms with Gasteiger partial charge < -0.3 is 15.1 Å². The minimum atomic E-state index is -0.659. The lowest BCUT2D eigenvalue weighted by molar-refractivity contribution is -0.117. The predicted octanol–water partition coefficient (Wildman–Crippen LogP) is 4.63. The molecule has 0 spiro atoms. The normalized spacial score (nSPS) is 13.1. The van der Waals surface area contributed by atoms with Crippen molar-refractivity contribution in [3.05, 3.63) is 77.4 Å². The lowest BCUT2D eigenvalue weighted by Gasteiger charge is -2.18. The van der Waals surface area contributed by atoms with Crippen LogP contribution in [0.5, 0.6) is 0 Å². The molecule has 3 heterocycles. The number of nitrogens with zero attached hydrogens (tertiary/aromatic N) is 2. The number of rotatable bonds is 3. The molecule has 1 aliphatic heterocycles. The molecule has 0 fully saturated rings. The van der Waals surface area contributed by atoms with Gasteiger partial charge in [-0.3, -0.25) is 4.79 Å². The fraction of sp³-hybridized carbons (Fsp3) is 0.130. The van der Waals surface area contributed by atoms with Gasteiger partial charge in [-0.2, -0.15) is 0 Å². The number of hydrogen-bond donors (Lipinski definition) is 1. The fourth-order valence-electron chi connectivity index (χ4n) is 4.06. The molecular weight excluding hydrogens is 407 g/mol. The predicted molar refractivity (Wildman–Crippen MR) is 110 cm³/mol. The van der Waals surface area contributed by atoms with Crippen LogP contribution >= 0.6 is 0 Å². The van der Waals surface area contributed by atoms with E-state index >= 15 is 4.39 Å². The summed E-state index contributed by atoms with van der Waals surface area (Å²) in [5, 5.41) is 0.522. The Morgan fingerprint density at radius 1 is 1.13 bits per heavy atom. The summed E-state index contributed by atoms with van der Waals surface area (Å²) in [6.45, 7) is 0.251. The van der Waals surface area contributed by atoms with Crippen LogP contribution < -0.4 is 10.6 Å². The van der Waals surface area contributed by atoms with E-state index in [1.54, 1.807) is 18.2 Å². The Bertz CT molecular complexity index is 1350. The van der Waals surface area contributed by atoms with E-state index < -0.39 is 23.4 Å². The maximum atomic E-state index is 15.4. The van der Waals surface area contributed by atoms with Crippen LogP contribution in [-0.2, 0) is 17.6 Å². The minimum absolute atomic E-state index is 0.0385. The number of fused-ring (bicyclic) bond motifs is 2. The Hall–Kier alpha value is -3.81. The zero-order valence-electron chi connectivity index (χ0n) is 16.2. The van der Waals surface area contributed by atoms with Crippen molar-refractivity contribution in [3.63, 3.8) is 0 Å². The summed E-state index contributed by atoms with van der Waals surface area (Å²) in [4.78, 5) is 18.2. The summed E-state index contributed by atoms with van der Waals surface area (Å²) in [5.74, 6) is -1.96. The van der Waals surface area contributed by atoms with E-state index in [-0.39, 0.29) is 24.3 Å². The Morgan fingerprint density at radius 3 is 2.81 bits per heavy atom. The van der Waals surface area contributed by atoms with E-state index in [4.69, 9.17) is 10.2 Å². The van der Waals surface area contributed by atoms with Gasteiger partial charge in [0.2, 0.25) is 5.91 Å². The number of furan rings is 1. The monoisotopic (exact) mass is 423 g/mol. The van der Waals surface area contributed by atoms with Crippen LogP contribution in [0.2, 0.25) is 0 Å². The molecule has 0 aliphatic carbocycles. The molecule has 2 aromatic carbocycles. The third-order valence-electron chi connectivity index (χ3n) is 5.55. The van der Waals surface area contributed by atoms with Crippen LogP contribution in [-0.4, -0.2) is 17.4 Å². The van der Waals surface area contributed by atoms with Gasteiger partial charge in [0.25, 0.3) is 0 Å². The first-order valence-corrected chi connectivity index (χ1v) is 9.61. The van der Waals surface area contributed by atoms with Crippen LogP contribution in [0, 0.1) is 17.5 Å². The maximum absolute atomic E-state index is 15.4. The number of carbonyl (C=O) groups excluding carboxylic acids is 1. The number of anilines is 2. The van der Waals surface area contributed by atoms with E-state index in [0.29, 0.717) is 39.8 Å². The standard InChI is InChI=1S/C23H16F3N3O2/c24-13-1-3-17(25)12(9-13)10-20(30)29-8-6-15-18(29)4-2-14(22(15)26)16-11-31-19-5-7-28-23(27)21(16)19/h1-5,7,9,11H,6,8,10H2,(H2,27,28). The van der Waals surface area contributed by atoms with Gasteiger partial charge >= 0.3 is 0 Å². The van der Waals surface area contributed by atoms with Crippen LogP contribution in [0.4, 0.5) is 24.7 Å². The molecule has 0 unspecified atom stereocenters. The molecule has 8 heteroatoms. The van der Waals surface area contributed by atoms with Crippen LogP contribution in [0.3, 0.4) is 0 Å². The smallest absolute Gasteiger partial charge is 0.231 e. The van der Waals surface area contributed by atoms with Crippen molar-refractivity contribution in [1.82, 2.24) is 4.98 Å². The van der Waals surface area contributed by atoms with Gasteiger partial charge in [0.1, 0.15) is 28.9 Å². The Morgan fingerprint density at radius 2 is 1.97 bits per heavy atom. The fourth-order valence-corrected chi connectivity index (χ4v) is 4.06. The SMILES string of the molecule is Nc1nccc2occ(-c3ccc4c(c3F)CCN4C(=O)Cc3cc(F)ccc3F)c12. The first-order chi connectivity index (χ1) is 14.9. The van der Waals surface area contributed by atoms with Crippen molar-refractivity contribution in [2.75, 3.05) is 17.2 Å². The zero-order valence-corrected chi connectivity index (χ0v) is 16.2. The molecule has 4 aromatic rings. The molecule has 0 saturated carbocycles. The Balaban J connectivity index is 1.50. The molecule has 0 bridgehead atoms. The van der Waals surface area contributed by atoms with Crippen LogP contribution in [0.1, 0.15) is 11.1 Å². The average molecular weight is 423 g/mol. The number of aromatic nitrogens is 1. The summed E-state index contributed by atoms with van der Waals surface area (Å²) < 4.78 is 48.3. The molecule has 5 nitrogen and oxygen atoms in total. The second kappa shape index (κ2) is 7.16. The summed E-state index contributed by atoms with van der Waals surface area (Å²) in [6.07, 6.45) is 2.92. The zero-order chi connectivity index (χ0) is 21.7. The molecule has 5 rings (SSSR count). The first-order valence-electron chi connectivity index (χ1n) is 9.61. The van der Waals surface area contributed by atoms with Crippen molar-refractivity contribution in [2.45, 2.75) is 12.8 Å². The van der Waals surface area contributed by atoms with Gasteiger partial charge in [-0.25, -0.2) is 18.2 Å². The summed E-state index contributed by atoms with van der Waals surface area (Å²) in [5.41, 5.74) is 7.98. The largest absolute Gasteiger partial charge is 0.463 e. The number of amides is 1. The number of nitrogens with two attached hydrogens (primary N) is 1. The quantitative estimate of drug-likeness (QED) is 0.522. The second-order valence-electron chi connectivity index (χ2n) is 7.35. The lowest BCUT2D eigenvalue weighted by Crippen LogP contribution is -2.30. The topological polar surface area (TPSA) is 72.4 Å². The molecule has 0 saturated heterocycles. The molecule has 156 valence electrons. The van der Waals surface area contributed by atoms with Crippen molar-refractivity contribution < 1.29 is 22.4 Å². The molecule has 0 atom stereocenters. The number of halogens is 3. The van der Waals surface area contributed by atoms with Gasteiger partial charge in [-0.1, -0.05) is 0 Å². The molecule has 2 aromatic heterocycles. The number of pyridine rings is 1. The molecule has 2 N–H and O–H groups in total. The van der Waals surface area contributed by atoms with E-state index in [1.807, 2.05) is 0 Å². The summed E-state index contributed by atoms with van der Waals surface area (Å²) >= 11 is 0. The molecule has 1 aliphatic rings. The minimum Gasteiger partial charge on any atom is -0.463 e. The lowest BCUT2D eigenvalue weighted by atomic mass is 10.00. The van der Waals surface area contributed by atoms with Gasteiger partial charge in [0.15, 0.2) is 0 Å². The number of benzene rings is 2. The summed E-state index contributed by atoms with van der Waals surface area (Å²) in [7, 11) is 0. The van der Waals surface area contributed by atoms with E-state index in [0.717, 1.165) is 18.2 Å². The van der Waals surface area contributed by atoms with Crippen molar-refractivity contribution in [2.24, 2.45) is 0 Å². The van der Waals surface area contributed by atoms with Gasteiger partial charge in [0.05, 0.1) is 18.1 Å². The van der Waals surface area contributed by atoms with Crippen molar-refractivity contribution in [1.29, 1.82) is 0 Å². The van der Waals surface area contributed by atoms with Gasteiger partial charge in [-0.05, 0) is 42.8 Å². The molecule has 0 radical (unpaired) electrons. The highest BCUT2D eigenvalue weighted by atomic mass is 19.1. The Labute approximate surface area is 174 Å². The molecule has 1 amide bonds. The third-order valence-corrected chi connectivity index (χ3v) is 5.55. The van der Waals surface area contributed by atoms with Crippen LogP contribution in [0.25, 0.3) is 22.1 Å². The number of carbonyl (C=O) groups is 1. The van der Waals surface area contributed by atoms with Crippen LogP contribution in [0.15, 0.2) is 53.3 Å². The van der Waals surface area contributed by atoms with Crippen molar-refractivity contribution in [3.8, 4) is 11.1 Å². The van der Waals surface area contributed by atoms with Crippen molar-refractivity contribution >= 4 is 28.4 Å².